The Morgan fingerprint density at radius 2 is 2.23 bits per heavy atom. The topological polar surface area (TPSA) is 22.1 Å². The fraction of sp³-hybridized carbons (Fsp3) is 0.444. The smallest absolute Gasteiger partial charge is 0.139 e. The largest absolute Gasteiger partial charge is 0.489 e. The fourth-order valence-corrected chi connectivity index (χ4v) is 0.937. The summed E-state index contributed by atoms with van der Waals surface area (Å²) in [5.74, 6) is 0.578. The molecule has 1 heterocycles. The van der Waals surface area contributed by atoms with Gasteiger partial charge in [0.15, 0.2) is 0 Å². The van der Waals surface area contributed by atoms with Crippen molar-refractivity contribution < 1.29 is 9.13 Å². The molecule has 2 nitrogen and oxygen atoms in total. The summed E-state index contributed by atoms with van der Waals surface area (Å²) >= 11 is 3.20. The molecule has 1 rings (SSSR count). The summed E-state index contributed by atoms with van der Waals surface area (Å²) in [5, 5.41) is 0. The van der Waals surface area contributed by atoms with E-state index in [0.717, 1.165) is 4.60 Å². The van der Waals surface area contributed by atoms with Gasteiger partial charge in [-0.25, -0.2) is 9.37 Å². The lowest BCUT2D eigenvalue weighted by Crippen LogP contribution is -2.22. The van der Waals surface area contributed by atoms with E-state index < -0.39 is 5.67 Å². The number of nitrogens with zero attached hydrogens (tertiary/aromatic N) is 1. The number of alkyl halides is 1. The van der Waals surface area contributed by atoms with Gasteiger partial charge in [-0.15, -0.1) is 0 Å². The zero-order valence-electron chi connectivity index (χ0n) is 7.55. The predicted octanol–water partition coefficient (Wildman–Crippen LogP) is 2.97. The number of rotatable bonds is 3. The van der Waals surface area contributed by atoms with E-state index in [1.807, 2.05) is 0 Å². The minimum absolute atomic E-state index is 0.0380. The molecule has 0 aliphatic heterocycles. The normalized spacial score (nSPS) is 11.4. The molecular formula is C9H11BrFNO. The van der Waals surface area contributed by atoms with E-state index in [1.54, 1.807) is 18.3 Å². The number of ether oxygens (including phenoxy) is 1. The van der Waals surface area contributed by atoms with Crippen molar-refractivity contribution in [3.8, 4) is 5.75 Å². The first-order chi connectivity index (χ1) is 5.97. The van der Waals surface area contributed by atoms with Gasteiger partial charge in [0.25, 0.3) is 0 Å². The molecule has 0 radical (unpaired) electrons. The average molecular weight is 248 g/mol. The second kappa shape index (κ2) is 4.05. The van der Waals surface area contributed by atoms with E-state index in [-0.39, 0.29) is 6.61 Å². The van der Waals surface area contributed by atoms with Gasteiger partial charge in [0, 0.05) is 0 Å². The number of pyridine rings is 1. The van der Waals surface area contributed by atoms with Gasteiger partial charge in [0.2, 0.25) is 0 Å². The molecule has 0 amide bonds. The standard InChI is InChI=1S/C9H11BrFNO/c1-9(2,11)6-13-7-3-4-8(10)12-5-7/h3-5H,6H2,1-2H3. The number of halogens is 2. The second-order valence-electron chi connectivity index (χ2n) is 3.32. The van der Waals surface area contributed by atoms with Gasteiger partial charge >= 0.3 is 0 Å². The minimum atomic E-state index is -1.31. The molecule has 0 N–H and O–H groups in total. The van der Waals surface area contributed by atoms with Crippen LogP contribution in [0.2, 0.25) is 0 Å². The Balaban J connectivity index is 2.51. The number of hydrogen-bond acceptors (Lipinski definition) is 2. The van der Waals surface area contributed by atoms with Crippen molar-refractivity contribution in [3.05, 3.63) is 22.9 Å². The third-order valence-corrected chi connectivity index (χ3v) is 1.75. The van der Waals surface area contributed by atoms with Gasteiger partial charge in [-0.2, -0.15) is 0 Å². The molecule has 0 atom stereocenters. The highest BCUT2D eigenvalue weighted by atomic mass is 79.9. The zero-order chi connectivity index (χ0) is 9.90. The average Bonchev–Trinajstić information content (AvgIpc) is 2.02. The number of aromatic nitrogens is 1. The van der Waals surface area contributed by atoms with Crippen LogP contribution in [0.5, 0.6) is 5.75 Å². The summed E-state index contributed by atoms with van der Waals surface area (Å²) in [6.07, 6.45) is 1.55. The number of hydrogen-bond donors (Lipinski definition) is 0. The molecule has 0 saturated carbocycles. The fourth-order valence-electron chi connectivity index (χ4n) is 0.703. The van der Waals surface area contributed by atoms with E-state index >= 15 is 0 Å². The minimum Gasteiger partial charge on any atom is -0.489 e. The molecule has 72 valence electrons. The Kier molecular flexibility index (Phi) is 3.25. The quantitative estimate of drug-likeness (QED) is 0.767. The Labute approximate surface area is 85.3 Å². The van der Waals surface area contributed by atoms with Crippen LogP contribution < -0.4 is 4.74 Å². The van der Waals surface area contributed by atoms with Crippen molar-refractivity contribution in [3.63, 3.8) is 0 Å². The predicted molar refractivity (Wildman–Crippen MR) is 52.6 cm³/mol. The molecular weight excluding hydrogens is 237 g/mol. The molecule has 0 fully saturated rings. The first kappa shape index (κ1) is 10.4. The Morgan fingerprint density at radius 3 is 2.69 bits per heavy atom. The van der Waals surface area contributed by atoms with Crippen molar-refractivity contribution in [2.75, 3.05) is 6.61 Å². The van der Waals surface area contributed by atoms with Gasteiger partial charge in [-0.3, -0.25) is 0 Å². The van der Waals surface area contributed by atoms with Crippen molar-refractivity contribution in [2.24, 2.45) is 0 Å². The monoisotopic (exact) mass is 247 g/mol. The van der Waals surface area contributed by atoms with Crippen LogP contribution in [-0.4, -0.2) is 17.3 Å². The van der Waals surface area contributed by atoms with E-state index in [2.05, 4.69) is 20.9 Å². The highest BCUT2D eigenvalue weighted by Crippen LogP contribution is 2.15. The molecule has 0 unspecified atom stereocenters. The lowest BCUT2D eigenvalue weighted by atomic mass is 10.2. The molecule has 0 saturated heterocycles. The van der Waals surface area contributed by atoms with Gasteiger partial charge in [-0.05, 0) is 41.9 Å². The summed E-state index contributed by atoms with van der Waals surface area (Å²) < 4.78 is 18.9. The molecule has 0 spiro atoms. The molecule has 0 aliphatic carbocycles. The maximum absolute atomic E-state index is 13.0. The van der Waals surface area contributed by atoms with Crippen LogP contribution in [0.4, 0.5) is 4.39 Å². The molecule has 0 aromatic carbocycles. The maximum Gasteiger partial charge on any atom is 0.139 e. The van der Waals surface area contributed by atoms with Gasteiger partial charge in [-0.1, -0.05) is 0 Å². The Bertz CT molecular complexity index is 268. The SMILES string of the molecule is CC(C)(F)COc1ccc(Br)nc1. The summed E-state index contributed by atoms with van der Waals surface area (Å²) in [6, 6.07) is 3.49. The van der Waals surface area contributed by atoms with Crippen LogP contribution in [0, 0.1) is 0 Å². The third kappa shape index (κ3) is 4.22. The molecule has 13 heavy (non-hydrogen) atoms. The lowest BCUT2D eigenvalue weighted by Gasteiger charge is -2.14. The first-order valence-corrected chi connectivity index (χ1v) is 4.70. The van der Waals surface area contributed by atoms with Gasteiger partial charge in [0.05, 0.1) is 6.20 Å². The van der Waals surface area contributed by atoms with Crippen LogP contribution in [0.1, 0.15) is 13.8 Å². The van der Waals surface area contributed by atoms with Crippen LogP contribution >= 0.6 is 15.9 Å². The van der Waals surface area contributed by atoms with Crippen molar-refractivity contribution >= 4 is 15.9 Å². The first-order valence-electron chi connectivity index (χ1n) is 3.91. The summed E-state index contributed by atoms with van der Waals surface area (Å²) in [5.41, 5.74) is -1.31. The summed E-state index contributed by atoms with van der Waals surface area (Å²) in [6.45, 7) is 2.98. The van der Waals surface area contributed by atoms with E-state index in [1.165, 1.54) is 13.8 Å². The van der Waals surface area contributed by atoms with Crippen LogP contribution in [0.25, 0.3) is 0 Å². The van der Waals surface area contributed by atoms with Crippen LogP contribution in [-0.2, 0) is 0 Å². The van der Waals surface area contributed by atoms with Crippen LogP contribution in [0.3, 0.4) is 0 Å². The Morgan fingerprint density at radius 1 is 1.54 bits per heavy atom. The van der Waals surface area contributed by atoms with Gasteiger partial charge in [0.1, 0.15) is 22.6 Å². The maximum atomic E-state index is 13.0. The molecule has 1 aromatic rings. The highest BCUT2D eigenvalue weighted by Gasteiger charge is 2.16. The van der Waals surface area contributed by atoms with Crippen molar-refractivity contribution in [1.29, 1.82) is 0 Å². The molecule has 4 heteroatoms. The van der Waals surface area contributed by atoms with E-state index in [0.29, 0.717) is 5.75 Å². The molecule has 1 aromatic heterocycles. The Hall–Kier alpha value is -0.640. The van der Waals surface area contributed by atoms with E-state index in [4.69, 9.17) is 4.74 Å². The zero-order valence-corrected chi connectivity index (χ0v) is 9.14. The second-order valence-corrected chi connectivity index (χ2v) is 4.14. The highest BCUT2D eigenvalue weighted by molar-refractivity contribution is 9.10. The van der Waals surface area contributed by atoms with Crippen LogP contribution in [0.15, 0.2) is 22.9 Å². The lowest BCUT2D eigenvalue weighted by molar-refractivity contribution is 0.120. The summed E-state index contributed by atoms with van der Waals surface area (Å²) in [4.78, 5) is 3.95. The molecule has 0 bridgehead atoms. The summed E-state index contributed by atoms with van der Waals surface area (Å²) in [7, 11) is 0. The molecule has 0 aliphatic rings. The van der Waals surface area contributed by atoms with Crippen molar-refractivity contribution in [1.82, 2.24) is 4.98 Å². The van der Waals surface area contributed by atoms with E-state index in [9.17, 15) is 4.39 Å². The van der Waals surface area contributed by atoms with Crippen molar-refractivity contribution in [2.45, 2.75) is 19.5 Å². The third-order valence-electron chi connectivity index (χ3n) is 1.28. The van der Waals surface area contributed by atoms with Gasteiger partial charge < -0.3 is 4.74 Å².